The molecule has 3 aromatic rings. The molecule has 0 spiro atoms. The van der Waals surface area contributed by atoms with Gasteiger partial charge in [-0.2, -0.15) is 5.10 Å². The number of carbonyl (C=O) groups excluding carboxylic acids is 1. The second-order valence-corrected chi connectivity index (χ2v) is 8.19. The van der Waals surface area contributed by atoms with Crippen LogP contribution in [0.4, 0.5) is 0 Å². The third kappa shape index (κ3) is 4.70. The van der Waals surface area contributed by atoms with Gasteiger partial charge in [-0.3, -0.25) is 9.69 Å². The van der Waals surface area contributed by atoms with E-state index in [0.29, 0.717) is 19.0 Å². The molecule has 4 rings (SSSR count). The van der Waals surface area contributed by atoms with E-state index >= 15 is 0 Å². The van der Waals surface area contributed by atoms with Crippen LogP contribution in [0, 0.1) is 0 Å². The zero-order valence-electron chi connectivity index (χ0n) is 19.0. The fourth-order valence-corrected chi connectivity index (χ4v) is 4.57. The molecular weight excluding hydrogens is 406 g/mol. The highest BCUT2D eigenvalue weighted by Gasteiger charge is 2.27. The molecule has 1 atom stereocenters. The Labute approximate surface area is 188 Å². The van der Waals surface area contributed by atoms with Gasteiger partial charge < -0.3 is 14.8 Å². The van der Waals surface area contributed by atoms with Crippen molar-refractivity contribution in [2.75, 3.05) is 33.9 Å². The largest absolute Gasteiger partial charge is 0.493 e. The molecular formula is C24H31N5O3. The number of amides is 1. The fourth-order valence-electron chi connectivity index (χ4n) is 4.57. The Bertz CT molecular complexity index is 1080. The molecule has 0 aliphatic carbocycles. The monoisotopic (exact) mass is 437 g/mol. The first-order chi connectivity index (χ1) is 15.6. The van der Waals surface area contributed by atoms with Gasteiger partial charge in [0, 0.05) is 49.6 Å². The SMILES string of the molecule is COc1cccc(CN2CCC[C@H](c3nn(CCNC(C)=O)c4ncccc34)C2)c1OC. The fraction of sp³-hybridized carbons (Fsp3) is 0.458. The maximum Gasteiger partial charge on any atom is 0.216 e. The Hall–Kier alpha value is -3.13. The maximum absolute atomic E-state index is 11.2. The number of aromatic nitrogens is 3. The van der Waals surface area contributed by atoms with E-state index in [9.17, 15) is 4.79 Å². The van der Waals surface area contributed by atoms with E-state index in [0.717, 1.165) is 66.3 Å². The lowest BCUT2D eigenvalue weighted by Crippen LogP contribution is -2.34. The van der Waals surface area contributed by atoms with Crippen LogP contribution in [0.15, 0.2) is 36.5 Å². The number of para-hydroxylation sites is 1. The highest BCUT2D eigenvalue weighted by atomic mass is 16.5. The molecule has 3 heterocycles. The van der Waals surface area contributed by atoms with E-state index in [1.165, 1.54) is 6.92 Å². The second-order valence-electron chi connectivity index (χ2n) is 8.19. The maximum atomic E-state index is 11.2. The Morgan fingerprint density at radius 3 is 2.88 bits per heavy atom. The molecule has 1 aliphatic rings. The van der Waals surface area contributed by atoms with Gasteiger partial charge in [0.25, 0.3) is 0 Å². The first-order valence-corrected chi connectivity index (χ1v) is 11.1. The predicted octanol–water partition coefficient (Wildman–Crippen LogP) is 2.96. The Morgan fingerprint density at radius 1 is 1.22 bits per heavy atom. The molecule has 8 heteroatoms. The van der Waals surface area contributed by atoms with Crippen molar-refractivity contribution >= 4 is 16.9 Å². The van der Waals surface area contributed by atoms with Crippen LogP contribution in [0.25, 0.3) is 11.0 Å². The van der Waals surface area contributed by atoms with E-state index < -0.39 is 0 Å². The summed E-state index contributed by atoms with van der Waals surface area (Å²) < 4.78 is 13.0. The minimum Gasteiger partial charge on any atom is -0.493 e. The van der Waals surface area contributed by atoms with Gasteiger partial charge in [-0.1, -0.05) is 12.1 Å². The van der Waals surface area contributed by atoms with Gasteiger partial charge in [0.2, 0.25) is 5.91 Å². The number of ether oxygens (including phenoxy) is 2. The Morgan fingerprint density at radius 2 is 2.09 bits per heavy atom. The summed E-state index contributed by atoms with van der Waals surface area (Å²) in [6, 6.07) is 10.1. The van der Waals surface area contributed by atoms with Crippen LogP contribution in [0.2, 0.25) is 0 Å². The molecule has 1 N–H and O–H groups in total. The summed E-state index contributed by atoms with van der Waals surface area (Å²) in [6.45, 7) is 5.43. The van der Waals surface area contributed by atoms with Crippen molar-refractivity contribution in [2.24, 2.45) is 0 Å². The zero-order chi connectivity index (χ0) is 22.5. The van der Waals surface area contributed by atoms with Crippen molar-refractivity contribution in [3.05, 3.63) is 47.8 Å². The van der Waals surface area contributed by atoms with Gasteiger partial charge in [0.1, 0.15) is 0 Å². The smallest absolute Gasteiger partial charge is 0.216 e. The van der Waals surface area contributed by atoms with Crippen molar-refractivity contribution in [3.63, 3.8) is 0 Å². The molecule has 0 saturated carbocycles. The minimum absolute atomic E-state index is 0.0365. The molecule has 170 valence electrons. The number of hydrogen-bond acceptors (Lipinski definition) is 6. The zero-order valence-corrected chi connectivity index (χ0v) is 19.0. The topological polar surface area (TPSA) is 81.5 Å². The molecule has 1 aromatic carbocycles. The first-order valence-electron chi connectivity index (χ1n) is 11.1. The Kier molecular flexibility index (Phi) is 6.90. The van der Waals surface area contributed by atoms with Crippen LogP contribution in [-0.4, -0.2) is 59.4 Å². The van der Waals surface area contributed by atoms with Crippen LogP contribution in [0.3, 0.4) is 0 Å². The number of fused-ring (bicyclic) bond motifs is 1. The number of hydrogen-bond donors (Lipinski definition) is 1. The number of nitrogens with one attached hydrogen (secondary N) is 1. The predicted molar refractivity (Wildman–Crippen MR) is 123 cm³/mol. The standard InChI is InChI=1S/C24H31N5O3/c1-17(30)25-12-14-29-24-20(9-5-11-26-24)22(27-29)18-8-6-13-28(15-18)16-19-7-4-10-21(31-2)23(19)32-3/h4-5,7,9-11,18H,6,8,12-16H2,1-3H3,(H,25,30)/t18-/m0/s1. The molecule has 0 bridgehead atoms. The van der Waals surface area contributed by atoms with Gasteiger partial charge in [-0.25, -0.2) is 9.67 Å². The number of benzene rings is 1. The van der Waals surface area contributed by atoms with Crippen LogP contribution < -0.4 is 14.8 Å². The van der Waals surface area contributed by atoms with E-state index in [2.05, 4.69) is 27.3 Å². The van der Waals surface area contributed by atoms with Crippen LogP contribution in [0.5, 0.6) is 11.5 Å². The number of carbonyl (C=O) groups is 1. The summed E-state index contributed by atoms with van der Waals surface area (Å²) >= 11 is 0. The lowest BCUT2D eigenvalue weighted by molar-refractivity contribution is -0.118. The average molecular weight is 438 g/mol. The molecule has 0 unspecified atom stereocenters. The number of methoxy groups -OCH3 is 2. The molecule has 1 saturated heterocycles. The summed E-state index contributed by atoms with van der Waals surface area (Å²) in [5.41, 5.74) is 3.09. The molecule has 8 nitrogen and oxygen atoms in total. The first kappa shape index (κ1) is 22.1. The van der Waals surface area contributed by atoms with Crippen molar-refractivity contribution < 1.29 is 14.3 Å². The summed E-state index contributed by atoms with van der Waals surface area (Å²) in [4.78, 5) is 18.3. The summed E-state index contributed by atoms with van der Waals surface area (Å²) in [7, 11) is 3.35. The van der Waals surface area contributed by atoms with Gasteiger partial charge in [0.05, 0.1) is 26.5 Å². The number of rotatable bonds is 8. The van der Waals surface area contributed by atoms with Gasteiger partial charge in [-0.05, 0) is 37.6 Å². The molecule has 2 aromatic heterocycles. The highest BCUT2D eigenvalue weighted by molar-refractivity contribution is 5.79. The summed E-state index contributed by atoms with van der Waals surface area (Å²) in [5, 5.41) is 8.89. The minimum atomic E-state index is -0.0365. The van der Waals surface area contributed by atoms with Crippen molar-refractivity contribution in [3.8, 4) is 11.5 Å². The summed E-state index contributed by atoms with van der Waals surface area (Å²) in [6.07, 6.45) is 4.00. The van der Waals surface area contributed by atoms with Crippen LogP contribution in [-0.2, 0) is 17.9 Å². The van der Waals surface area contributed by atoms with E-state index in [4.69, 9.17) is 14.6 Å². The van der Waals surface area contributed by atoms with Crippen molar-refractivity contribution in [1.29, 1.82) is 0 Å². The van der Waals surface area contributed by atoms with Gasteiger partial charge in [0.15, 0.2) is 17.1 Å². The lowest BCUT2D eigenvalue weighted by atomic mass is 9.93. The second kappa shape index (κ2) is 9.99. The van der Waals surface area contributed by atoms with Gasteiger partial charge in [-0.15, -0.1) is 0 Å². The van der Waals surface area contributed by atoms with E-state index in [-0.39, 0.29) is 5.91 Å². The normalized spacial score (nSPS) is 16.8. The Balaban J connectivity index is 1.54. The molecule has 32 heavy (non-hydrogen) atoms. The molecule has 0 radical (unpaired) electrons. The van der Waals surface area contributed by atoms with Crippen molar-refractivity contribution in [1.82, 2.24) is 25.0 Å². The number of piperidine rings is 1. The average Bonchev–Trinajstić information content (AvgIpc) is 3.17. The van der Waals surface area contributed by atoms with E-state index in [1.807, 2.05) is 22.9 Å². The number of nitrogens with zero attached hydrogens (tertiary/aromatic N) is 4. The third-order valence-corrected chi connectivity index (χ3v) is 6.00. The van der Waals surface area contributed by atoms with Gasteiger partial charge >= 0.3 is 0 Å². The van der Waals surface area contributed by atoms with E-state index in [1.54, 1.807) is 20.4 Å². The van der Waals surface area contributed by atoms with Crippen LogP contribution >= 0.6 is 0 Å². The lowest BCUT2D eigenvalue weighted by Gasteiger charge is -2.32. The summed E-state index contributed by atoms with van der Waals surface area (Å²) in [5.74, 6) is 1.85. The number of likely N-dealkylation sites (tertiary alicyclic amines) is 1. The third-order valence-electron chi connectivity index (χ3n) is 6.00. The molecule has 1 aliphatic heterocycles. The van der Waals surface area contributed by atoms with Crippen molar-refractivity contribution in [2.45, 2.75) is 38.8 Å². The number of pyridine rings is 1. The van der Waals surface area contributed by atoms with Crippen LogP contribution in [0.1, 0.15) is 36.9 Å². The molecule has 1 amide bonds. The highest BCUT2D eigenvalue weighted by Crippen LogP contribution is 2.35. The molecule has 1 fully saturated rings. The quantitative estimate of drug-likeness (QED) is 0.584.